The highest BCUT2D eigenvalue weighted by Crippen LogP contribution is 2.35. The molecule has 6 rings (SSSR count). The van der Waals surface area contributed by atoms with Crippen LogP contribution in [0.4, 0.5) is 5.13 Å². The number of aromatic nitrogens is 1. The Hall–Kier alpha value is -4.38. The molecule has 3 aromatic carbocycles. The Kier molecular flexibility index (Phi) is 8.88. The van der Waals surface area contributed by atoms with Gasteiger partial charge in [0.05, 0.1) is 13.2 Å². The number of benzene rings is 3. The van der Waals surface area contributed by atoms with Crippen LogP contribution < -0.4 is 10.6 Å². The van der Waals surface area contributed by atoms with Gasteiger partial charge in [-0.3, -0.25) is 24.6 Å². The number of ether oxygens (including phenoxy) is 1. The summed E-state index contributed by atoms with van der Waals surface area (Å²) >= 11 is 1.33. The fraction of sp³-hybridized carbons (Fsp3) is 0.273. The molecular formula is C33H33N5O4S. The Morgan fingerprint density at radius 2 is 1.79 bits per heavy atom. The van der Waals surface area contributed by atoms with Gasteiger partial charge < -0.3 is 15.0 Å². The van der Waals surface area contributed by atoms with Crippen molar-refractivity contribution >= 4 is 34.2 Å². The number of nitrogens with one attached hydrogen (secondary N) is 2. The van der Waals surface area contributed by atoms with Crippen LogP contribution in [0.3, 0.4) is 0 Å². The monoisotopic (exact) mass is 595 g/mol. The molecule has 3 heterocycles. The van der Waals surface area contributed by atoms with E-state index in [1.807, 2.05) is 66.7 Å². The molecule has 2 N–H and O–H groups in total. The number of fused-ring (bicyclic) bond motifs is 1. The molecule has 0 radical (unpaired) electrons. The summed E-state index contributed by atoms with van der Waals surface area (Å²) in [6, 6.07) is 21.7. The molecule has 0 aliphatic carbocycles. The first-order chi connectivity index (χ1) is 21.1. The minimum absolute atomic E-state index is 0.121. The zero-order valence-corrected chi connectivity index (χ0v) is 24.5. The first kappa shape index (κ1) is 28.7. The van der Waals surface area contributed by atoms with Crippen LogP contribution in [0.2, 0.25) is 0 Å². The molecule has 43 heavy (non-hydrogen) atoms. The maximum atomic E-state index is 13.8. The van der Waals surface area contributed by atoms with Crippen LogP contribution in [0.15, 0.2) is 84.4 Å². The smallest absolute Gasteiger partial charge is 0.255 e. The highest BCUT2D eigenvalue weighted by atomic mass is 32.1. The lowest BCUT2D eigenvalue weighted by atomic mass is 9.99. The Balaban J connectivity index is 1.16. The van der Waals surface area contributed by atoms with Crippen molar-refractivity contribution in [1.29, 1.82) is 0 Å². The van der Waals surface area contributed by atoms with Crippen LogP contribution in [0.1, 0.15) is 44.3 Å². The topological polar surface area (TPSA) is 104 Å². The number of carbonyl (C=O) groups is 3. The van der Waals surface area contributed by atoms with Gasteiger partial charge in [0.15, 0.2) is 5.13 Å². The van der Waals surface area contributed by atoms with E-state index in [-0.39, 0.29) is 17.7 Å². The van der Waals surface area contributed by atoms with Gasteiger partial charge in [-0.05, 0) is 53.4 Å². The average molecular weight is 596 g/mol. The van der Waals surface area contributed by atoms with Crippen LogP contribution in [-0.4, -0.2) is 71.9 Å². The van der Waals surface area contributed by atoms with Gasteiger partial charge in [0.2, 0.25) is 0 Å². The van der Waals surface area contributed by atoms with E-state index in [1.165, 1.54) is 11.3 Å². The number of hydrogen-bond acceptors (Lipinski definition) is 7. The summed E-state index contributed by atoms with van der Waals surface area (Å²) in [5, 5.41) is 8.16. The predicted octanol–water partition coefficient (Wildman–Crippen LogP) is 4.60. The number of hydrogen-bond donors (Lipinski definition) is 2. The molecule has 1 atom stereocenters. The van der Waals surface area contributed by atoms with E-state index in [2.05, 4.69) is 20.5 Å². The fourth-order valence-electron chi connectivity index (χ4n) is 5.55. The summed E-state index contributed by atoms with van der Waals surface area (Å²) in [7, 11) is 0. The maximum absolute atomic E-state index is 13.8. The maximum Gasteiger partial charge on any atom is 0.255 e. The average Bonchev–Trinajstić information content (AvgIpc) is 3.68. The SMILES string of the molecule is O=C(NCCCN1CCOCC1)c1cccc(-c2ccc3c(c2)C(=O)N(C(C(=O)Nc2nccs2)c2ccccc2)C3)c1. The minimum atomic E-state index is -0.816. The number of nitrogens with zero attached hydrogens (tertiary/aromatic N) is 3. The first-order valence-electron chi connectivity index (χ1n) is 14.4. The summed E-state index contributed by atoms with van der Waals surface area (Å²) in [5.74, 6) is -0.649. The van der Waals surface area contributed by atoms with E-state index in [4.69, 9.17) is 4.74 Å². The lowest BCUT2D eigenvalue weighted by Crippen LogP contribution is -2.38. The van der Waals surface area contributed by atoms with Gasteiger partial charge in [0.25, 0.3) is 17.7 Å². The highest BCUT2D eigenvalue weighted by Gasteiger charge is 2.37. The van der Waals surface area contributed by atoms with Crippen molar-refractivity contribution in [3.05, 3.63) is 107 Å². The number of morpholine rings is 1. The molecule has 3 amide bonds. The van der Waals surface area contributed by atoms with Crippen LogP contribution >= 0.6 is 11.3 Å². The Labute approximate surface area is 254 Å². The Morgan fingerprint density at radius 1 is 0.977 bits per heavy atom. The Morgan fingerprint density at radius 3 is 2.58 bits per heavy atom. The van der Waals surface area contributed by atoms with Crippen molar-refractivity contribution < 1.29 is 19.1 Å². The molecule has 10 heteroatoms. The summed E-state index contributed by atoms with van der Waals surface area (Å²) in [4.78, 5) is 48.3. The van der Waals surface area contributed by atoms with E-state index >= 15 is 0 Å². The van der Waals surface area contributed by atoms with Gasteiger partial charge in [-0.15, -0.1) is 11.3 Å². The van der Waals surface area contributed by atoms with Gasteiger partial charge in [-0.2, -0.15) is 0 Å². The molecule has 1 saturated heterocycles. The zero-order valence-electron chi connectivity index (χ0n) is 23.7. The first-order valence-corrected chi connectivity index (χ1v) is 15.3. The quantitative estimate of drug-likeness (QED) is 0.260. The largest absolute Gasteiger partial charge is 0.379 e. The molecule has 9 nitrogen and oxygen atoms in total. The molecule has 220 valence electrons. The van der Waals surface area contributed by atoms with Crippen molar-refractivity contribution in [3.63, 3.8) is 0 Å². The molecule has 4 aromatic rings. The molecule has 0 saturated carbocycles. The summed E-state index contributed by atoms with van der Waals surface area (Å²) in [6.07, 6.45) is 2.50. The van der Waals surface area contributed by atoms with Crippen LogP contribution in [-0.2, 0) is 16.1 Å². The lowest BCUT2D eigenvalue weighted by Gasteiger charge is -2.27. The molecule has 0 bridgehead atoms. The van der Waals surface area contributed by atoms with E-state index < -0.39 is 6.04 Å². The van der Waals surface area contributed by atoms with Crippen LogP contribution in [0.25, 0.3) is 11.1 Å². The molecule has 1 aromatic heterocycles. The third-order valence-corrected chi connectivity index (χ3v) is 8.47. The molecule has 2 aliphatic rings. The molecular weight excluding hydrogens is 562 g/mol. The second-order valence-electron chi connectivity index (χ2n) is 10.6. The zero-order chi connectivity index (χ0) is 29.6. The van der Waals surface area contributed by atoms with Crippen molar-refractivity contribution in [2.24, 2.45) is 0 Å². The predicted molar refractivity (Wildman–Crippen MR) is 166 cm³/mol. The number of anilines is 1. The Bertz CT molecular complexity index is 1590. The van der Waals surface area contributed by atoms with Crippen molar-refractivity contribution in [2.75, 3.05) is 44.7 Å². The van der Waals surface area contributed by atoms with Crippen molar-refractivity contribution in [3.8, 4) is 11.1 Å². The summed E-state index contributed by atoms with van der Waals surface area (Å²) in [6.45, 7) is 5.24. The normalized spacial score (nSPS) is 15.6. The number of carbonyl (C=O) groups excluding carboxylic acids is 3. The van der Waals surface area contributed by atoms with Crippen LogP contribution in [0, 0.1) is 0 Å². The van der Waals surface area contributed by atoms with E-state index in [9.17, 15) is 14.4 Å². The minimum Gasteiger partial charge on any atom is -0.379 e. The number of amides is 3. The van der Waals surface area contributed by atoms with Gasteiger partial charge >= 0.3 is 0 Å². The van der Waals surface area contributed by atoms with Gasteiger partial charge in [-0.1, -0.05) is 54.6 Å². The molecule has 1 unspecified atom stereocenters. The van der Waals surface area contributed by atoms with E-state index in [0.717, 1.165) is 61.5 Å². The van der Waals surface area contributed by atoms with E-state index in [0.29, 0.717) is 29.3 Å². The summed E-state index contributed by atoms with van der Waals surface area (Å²) < 4.78 is 5.39. The lowest BCUT2D eigenvalue weighted by molar-refractivity contribution is -0.120. The fourth-order valence-corrected chi connectivity index (χ4v) is 6.08. The molecule has 1 fully saturated rings. The highest BCUT2D eigenvalue weighted by molar-refractivity contribution is 7.13. The molecule has 0 spiro atoms. The number of rotatable bonds is 10. The summed E-state index contributed by atoms with van der Waals surface area (Å²) in [5.41, 5.74) is 4.38. The molecule has 2 aliphatic heterocycles. The van der Waals surface area contributed by atoms with Gasteiger partial charge in [-0.25, -0.2) is 4.98 Å². The standard InChI is InChI=1S/C33H33N5O4S/c39-30(34-12-5-14-37-15-17-42-18-16-37)26-9-4-8-24(20-26)25-10-11-27-22-38(32(41)28(27)21-25)29(23-6-2-1-3-7-23)31(40)36-33-35-13-19-43-33/h1-4,6-11,13,19-21,29H,5,12,14-18,22H2,(H,34,39)(H,35,36,40). The van der Waals surface area contributed by atoms with Gasteiger partial charge in [0.1, 0.15) is 6.04 Å². The van der Waals surface area contributed by atoms with Gasteiger partial charge in [0, 0.05) is 48.9 Å². The number of thiazole rings is 1. The third kappa shape index (κ3) is 6.67. The van der Waals surface area contributed by atoms with E-state index in [1.54, 1.807) is 22.5 Å². The second kappa shape index (κ2) is 13.3. The van der Waals surface area contributed by atoms with Crippen molar-refractivity contribution in [1.82, 2.24) is 20.1 Å². The van der Waals surface area contributed by atoms with Crippen LogP contribution in [0.5, 0.6) is 0 Å². The van der Waals surface area contributed by atoms with Crippen molar-refractivity contribution in [2.45, 2.75) is 19.0 Å². The third-order valence-electron chi connectivity index (χ3n) is 7.78. The second-order valence-corrected chi connectivity index (χ2v) is 11.5.